The number of aryl methyl sites for hydroxylation is 1. The first kappa shape index (κ1) is 11.1. The van der Waals surface area contributed by atoms with Crippen LogP contribution in [0.4, 0.5) is 0 Å². The summed E-state index contributed by atoms with van der Waals surface area (Å²) in [6, 6.07) is 0. The van der Waals surface area contributed by atoms with Crippen LogP contribution < -0.4 is 0 Å². The molecule has 0 saturated carbocycles. The predicted molar refractivity (Wildman–Crippen MR) is 52.2 cm³/mol. The lowest BCUT2D eigenvalue weighted by Gasteiger charge is -1.84. The van der Waals surface area contributed by atoms with E-state index in [2.05, 4.69) is 20.9 Å². The van der Waals surface area contributed by atoms with Gasteiger partial charge in [-0.1, -0.05) is 15.9 Å². The molecule has 0 fully saturated rings. The molecule has 1 heterocycles. The first-order valence-electron chi connectivity index (χ1n) is 2.75. The normalized spacial score (nSPS) is 8.91. The average molecular weight is 257 g/mol. The summed E-state index contributed by atoms with van der Waals surface area (Å²) in [5.41, 5.74) is 0.911. The molecule has 1 aromatic rings. The van der Waals surface area contributed by atoms with Gasteiger partial charge in [-0.05, 0) is 6.92 Å². The zero-order chi connectivity index (χ0) is 7.56. The number of thiazole rings is 1. The Morgan fingerprint density at radius 1 is 1.82 bits per heavy atom. The van der Waals surface area contributed by atoms with Gasteiger partial charge in [-0.3, -0.25) is 4.79 Å². The van der Waals surface area contributed by atoms with E-state index in [1.54, 1.807) is 0 Å². The SMILES string of the molecule is Cc1csc(C(=O)CBr)n1.Cl. The molecule has 1 rings (SSSR count). The number of rotatable bonds is 2. The van der Waals surface area contributed by atoms with Crippen molar-refractivity contribution in [1.29, 1.82) is 0 Å². The minimum atomic E-state index is 0. The molecule has 0 aliphatic heterocycles. The first-order valence-corrected chi connectivity index (χ1v) is 4.75. The van der Waals surface area contributed by atoms with Gasteiger partial charge in [-0.25, -0.2) is 4.98 Å². The highest BCUT2D eigenvalue weighted by Crippen LogP contribution is 2.09. The number of hydrogen-bond donors (Lipinski definition) is 0. The minimum absolute atomic E-state index is 0. The first-order chi connectivity index (χ1) is 4.74. The molecule has 11 heavy (non-hydrogen) atoms. The van der Waals surface area contributed by atoms with E-state index in [0.717, 1.165) is 5.69 Å². The number of ketones is 1. The molecule has 0 bridgehead atoms. The quantitative estimate of drug-likeness (QED) is 0.601. The van der Waals surface area contributed by atoms with Crippen LogP contribution in [0.25, 0.3) is 0 Å². The van der Waals surface area contributed by atoms with Gasteiger partial charge in [0.25, 0.3) is 0 Å². The monoisotopic (exact) mass is 255 g/mol. The Kier molecular flexibility index (Phi) is 4.88. The lowest BCUT2D eigenvalue weighted by molar-refractivity contribution is 0.102. The summed E-state index contributed by atoms with van der Waals surface area (Å²) < 4.78 is 0. The second-order valence-corrected chi connectivity index (χ2v) is 3.27. The van der Waals surface area contributed by atoms with Crippen LogP contribution in [0.2, 0.25) is 0 Å². The van der Waals surface area contributed by atoms with Gasteiger partial charge in [0, 0.05) is 11.1 Å². The van der Waals surface area contributed by atoms with Crippen molar-refractivity contribution in [3.63, 3.8) is 0 Å². The van der Waals surface area contributed by atoms with E-state index in [1.165, 1.54) is 11.3 Å². The molecular weight excluding hydrogens is 249 g/mol. The van der Waals surface area contributed by atoms with Crippen LogP contribution in [0, 0.1) is 6.92 Å². The van der Waals surface area contributed by atoms with Gasteiger partial charge in [-0.2, -0.15) is 0 Å². The lowest BCUT2D eigenvalue weighted by atomic mass is 10.5. The number of carbonyl (C=O) groups is 1. The van der Waals surface area contributed by atoms with E-state index in [9.17, 15) is 4.79 Å². The van der Waals surface area contributed by atoms with Gasteiger partial charge in [-0.15, -0.1) is 23.7 Å². The van der Waals surface area contributed by atoms with Crippen LogP contribution in [0.15, 0.2) is 5.38 Å². The molecule has 0 spiro atoms. The van der Waals surface area contributed by atoms with Crippen molar-refractivity contribution in [3.8, 4) is 0 Å². The van der Waals surface area contributed by atoms with Gasteiger partial charge in [0.15, 0.2) is 5.01 Å². The van der Waals surface area contributed by atoms with Crippen LogP contribution in [-0.2, 0) is 0 Å². The Balaban J connectivity index is 0.000001000. The van der Waals surface area contributed by atoms with Crippen LogP contribution in [0.1, 0.15) is 15.5 Å². The van der Waals surface area contributed by atoms with Gasteiger partial charge in [0.05, 0.1) is 5.33 Å². The second-order valence-electron chi connectivity index (χ2n) is 1.85. The van der Waals surface area contributed by atoms with Crippen molar-refractivity contribution in [2.75, 3.05) is 5.33 Å². The van der Waals surface area contributed by atoms with E-state index < -0.39 is 0 Å². The number of aromatic nitrogens is 1. The molecule has 1 aromatic heterocycles. The Hall–Kier alpha value is 0.0700. The molecule has 62 valence electrons. The maximum Gasteiger partial charge on any atom is 0.201 e. The van der Waals surface area contributed by atoms with Crippen LogP contribution in [0.5, 0.6) is 0 Å². The topological polar surface area (TPSA) is 30.0 Å². The molecular formula is C6H7BrClNOS. The van der Waals surface area contributed by atoms with Gasteiger partial charge >= 0.3 is 0 Å². The van der Waals surface area contributed by atoms with Crippen molar-refractivity contribution in [3.05, 3.63) is 16.1 Å². The number of hydrogen-bond acceptors (Lipinski definition) is 3. The summed E-state index contributed by atoms with van der Waals surface area (Å²) in [6.45, 7) is 1.88. The maximum atomic E-state index is 10.9. The Bertz CT molecular complexity index is 250. The fourth-order valence-corrected chi connectivity index (χ4v) is 1.73. The maximum absolute atomic E-state index is 10.9. The van der Waals surface area contributed by atoms with E-state index in [-0.39, 0.29) is 18.2 Å². The number of halogens is 2. The summed E-state index contributed by atoms with van der Waals surface area (Å²) in [4.78, 5) is 14.9. The smallest absolute Gasteiger partial charge is 0.201 e. The molecule has 0 N–H and O–H groups in total. The number of carbonyl (C=O) groups excluding carboxylic acids is 1. The molecule has 0 aliphatic carbocycles. The summed E-state index contributed by atoms with van der Waals surface area (Å²) >= 11 is 4.47. The van der Waals surface area contributed by atoms with Crippen molar-refractivity contribution >= 4 is 45.5 Å². The molecule has 5 heteroatoms. The lowest BCUT2D eigenvalue weighted by Crippen LogP contribution is -1.98. The summed E-state index contributed by atoms with van der Waals surface area (Å²) in [6.07, 6.45) is 0. The third-order valence-electron chi connectivity index (χ3n) is 0.979. The Labute approximate surface area is 83.6 Å². The van der Waals surface area contributed by atoms with E-state index in [0.29, 0.717) is 10.3 Å². The molecule has 2 nitrogen and oxygen atoms in total. The van der Waals surface area contributed by atoms with E-state index in [4.69, 9.17) is 0 Å². The highest BCUT2D eigenvalue weighted by atomic mass is 79.9. The minimum Gasteiger partial charge on any atom is -0.291 e. The highest BCUT2D eigenvalue weighted by Gasteiger charge is 2.06. The summed E-state index contributed by atoms with van der Waals surface area (Å²) in [5.74, 6) is 0.0538. The fraction of sp³-hybridized carbons (Fsp3) is 0.333. The fourth-order valence-electron chi connectivity index (χ4n) is 0.539. The molecule has 0 saturated heterocycles. The third-order valence-corrected chi connectivity index (χ3v) is 2.49. The standard InChI is InChI=1S/C6H6BrNOS.ClH/c1-4-3-10-6(8-4)5(9)2-7;/h3H,2H2,1H3;1H. The largest absolute Gasteiger partial charge is 0.291 e. The van der Waals surface area contributed by atoms with Crippen molar-refractivity contribution in [1.82, 2.24) is 4.98 Å². The van der Waals surface area contributed by atoms with Gasteiger partial charge in [0.1, 0.15) is 0 Å². The molecule has 0 aliphatic rings. The average Bonchev–Trinajstić information content (AvgIpc) is 2.34. The number of nitrogens with zero attached hydrogens (tertiary/aromatic N) is 1. The predicted octanol–water partition coefficient (Wildman–Crippen LogP) is 2.45. The zero-order valence-corrected chi connectivity index (χ0v) is 9.05. The molecule has 0 unspecified atom stereocenters. The van der Waals surface area contributed by atoms with Gasteiger partial charge < -0.3 is 0 Å². The summed E-state index contributed by atoms with van der Waals surface area (Å²) in [7, 11) is 0. The summed E-state index contributed by atoms with van der Waals surface area (Å²) in [5, 5.41) is 2.82. The molecule has 0 radical (unpaired) electrons. The molecule has 0 aromatic carbocycles. The highest BCUT2D eigenvalue weighted by molar-refractivity contribution is 9.09. The van der Waals surface area contributed by atoms with Crippen molar-refractivity contribution < 1.29 is 4.79 Å². The second kappa shape index (κ2) is 4.85. The Morgan fingerprint density at radius 2 is 2.45 bits per heavy atom. The van der Waals surface area contributed by atoms with Crippen molar-refractivity contribution in [2.24, 2.45) is 0 Å². The van der Waals surface area contributed by atoms with Crippen molar-refractivity contribution in [2.45, 2.75) is 6.92 Å². The van der Waals surface area contributed by atoms with E-state index >= 15 is 0 Å². The van der Waals surface area contributed by atoms with Gasteiger partial charge in [0.2, 0.25) is 5.78 Å². The van der Waals surface area contributed by atoms with Crippen LogP contribution in [0.3, 0.4) is 0 Å². The molecule has 0 amide bonds. The zero-order valence-electron chi connectivity index (χ0n) is 5.83. The Morgan fingerprint density at radius 3 is 2.82 bits per heavy atom. The number of alkyl halides is 1. The number of Topliss-reactive ketones (excluding diaryl/α,β-unsaturated/α-hetero) is 1. The molecule has 0 atom stereocenters. The third kappa shape index (κ3) is 2.89. The van der Waals surface area contributed by atoms with Crippen LogP contribution in [-0.4, -0.2) is 16.1 Å². The van der Waals surface area contributed by atoms with Crippen LogP contribution >= 0.6 is 39.7 Å². The van der Waals surface area contributed by atoms with E-state index in [1.807, 2.05) is 12.3 Å².